The van der Waals surface area contributed by atoms with E-state index in [2.05, 4.69) is 30.5 Å². The van der Waals surface area contributed by atoms with E-state index in [1.54, 1.807) is 12.1 Å². The van der Waals surface area contributed by atoms with Crippen LogP contribution in [0.1, 0.15) is 25.3 Å². The van der Waals surface area contributed by atoms with Crippen LogP contribution in [-0.4, -0.2) is 12.2 Å². The largest absolute Gasteiger partial charge is 0.494 e. The summed E-state index contributed by atoms with van der Waals surface area (Å²) in [7, 11) is 1.43. The van der Waals surface area contributed by atoms with Gasteiger partial charge in [0, 0.05) is 17.4 Å². The fourth-order valence-electron chi connectivity index (χ4n) is 2.01. The third-order valence-electron chi connectivity index (χ3n) is 3.22. The zero-order chi connectivity index (χ0) is 16.1. The Hall–Kier alpha value is -2.14. The Bertz CT molecular complexity index is 673. The molecule has 2 rings (SSSR count). The van der Waals surface area contributed by atoms with Crippen LogP contribution < -0.4 is 15.4 Å². The summed E-state index contributed by atoms with van der Waals surface area (Å²) < 4.78 is 18.5. The maximum Gasteiger partial charge on any atom is 0.175 e. The van der Waals surface area contributed by atoms with Crippen LogP contribution in [-0.2, 0) is 0 Å². The number of halogens is 1. The second-order valence-electron chi connectivity index (χ2n) is 5.21. The molecule has 0 radical (unpaired) electrons. The first-order valence-electron chi connectivity index (χ1n) is 7.01. The van der Waals surface area contributed by atoms with Gasteiger partial charge in [0.2, 0.25) is 0 Å². The molecule has 3 nitrogen and oxygen atoms in total. The van der Waals surface area contributed by atoms with E-state index in [4.69, 9.17) is 17.0 Å². The van der Waals surface area contributed by atoms with Crippen LogP contribution in [0.2, 0.25) is 0 Å². The molecule has 0 spiro atoms. The lowest BCUT2D eigenvalue weighted by atomic mass is 10.0. The van der Waals surface area contributed by atoms with Crippen LogP contribution in [0, 0.1) is 5.82 Å². The Morgan fingerprint density at radius 2 is 1.77 bits per heavy atom. The molecule has 22 heavy (non-hydrogen) atoms. The van der Waals surface area contributed by atoms with Crippen LogP contribution in [0.5, 0.6) is 5.75 Å². The zero-order valence-corrected chi connectivity index (χ0v) is 13.6. The van der Waals surface area contributed by atoms with Crippen molar-refractivity contribution >= 4 is 28.7 Å². The van der Waals surface area contributed by atoms with Gasteiger partial charge in [0.25, 0.3) is 0 Å². The second kappa shape index (κ2) is 7.22. The molecule has 0 unspecified atom stereocenters. The fourth-order valence-corrected chi connectivity index (χ4v) is 2.25. The van der Waals surface area contributed by atoms with E-state index in [1.807, 2.05) is 18.2 Å². The lowest BCUT2D eigenvalue weighted by Crippen LogP contribution is -2.19. The predicted molar refractivity (Wildman–Crippen MR) is 93.3 cm³/mol. The first-order valence-corrected chi connectivity index (χ1v) is 7.42. The number of methoxy groups -OCH3 is 1. The highest BCUT2D eigenvalue weighted by Gasteiger charge is 2.06. The van der Waals surface area contributed by atoms with E-state index in [0.717, 1.165) is 5.69 Å². The molecule has 0 atom stereocenters. The molecule has 0 aliphatic heterocycles. The molecule has 2 aromatic rings. The number of thiocarbonyl (C=S) groups is 1. The molecule has 0 fully saturated rings. The Labute approximate surface area is 135 Å². The highest BCUT2D eigenvalue weighted by molar-refractivity contribution is 7.80. The molecule has 5 heteroatoms. The number of rotatable bonds is 4. The van der Waals surface area contributed by atoms with Gasteiger partial charge >= 0.3 is 0 Å². The lowest BCUT2D eigenvalue weighted by Gasteiger charge is -2.13. The minimum absolute atomic E-state index is 0.203. The van der Waals surface area contributed by atoms with Gasteiger partial charge in [-0.3, -0.25) is 0 Å². The molecule has 2 aromatic carbocycles. The summed E-state index contributed by atoms with van der Waals surface area (Å²) in [5, 5.41) is 6.46. The summed E-state index contributed by atoms with van der Waals surface area (Å²) in [6, 6.07) is 12.7. The number of nitrogens with one attached hydrogen (secondary N) is 2. The number of hydrogen-bond donors (Lipinski definition) is 2. The third kappa shape index (κ3) is 4.18. The summed E-state index contributed by atoms with van der Waals surface area (Å²) in [6.07, 6.45) is 0. The predicted octanol–water partition coefficient (Wildman–Crippen LogP) is 4.77. The van der Waals surface area contributed by atoms with E-state index in [0.29, 0.717) is 16.7 Å². The van der Waals surface area contributed by atoms with Gasteiger partial charge in [-0.05, 0) is 48.0 Å². The van der Waals surface area contributed by atoms with Gasteiger partial charge in [-0.1, -0.05) is 26.0 Å². The summed E-state index contributed by atoms with van der Waals surface area (Å²) in [5.41, 5.74) is 2.69. The molecule has 0 saturated heterocycles. The average molecular weight is 318 g/mol. The topological polar surface area (TPSA) is 33.3 Å². The second-order valence-corrected chi connectivity index (χ2v) is 5.62. The Balaban J connectivity index is 2.04. The minimum Gasteiger partial charge on any atom is -0.494 e. The van der Waals surface area contributed by atoms with Crippen molar-refractivity contribution in [1.82, 2.24) is 0 Å². The van der Waals surface area contributed by atoms with Crippen molar-refractivity contribution < 1.29 is 9.13 Å². The average Bonchev–Trinajstić information content (AvgIpc) is 2.47. The van der Waals surface area contributed by atoms with Gasteiger partial charge in [0.05, 0.1) is 7.11 Å². The molecule has 0 heterocycles. The summed E-state index contributed by atoms with van der Waals surface area (Å²) >= 11 is 5.26. The minimum atomic E-state index is -0.433. The first-order chi connectivity index (χ1) is 10.5. The highest BCUT2D eigenvalue weighted by Crippen LogP contribution is 2.21. The van der Waals surface area contributed by atoms with Gasteiger partial charge in [0.1, 0.15) is 0 Å². The van der Waals surface area contributed by atoms with Crippen LogP contribution >= 0.6 is 12.2 Å². The van der Waals surface area contributed by atoms with E-state index < -0.39 is 5.82 Å². The molecular weight excluding hydrogens is 299 g/mol. The fraction of sp³-hybridized carbons (Fsp3) is 0.235. The maximum absolute atomic E-state index is 13.6. The summed E-state index contributed by atoms with van der Waals surface area (Å²) in [4.78, 5) is 0. The van der Waals surface area contributed by atoms with Crippen molar-refractivity contribution in [2.75, 3.05) is 17.7 Å². The van der Waals surface area contributed by atoms with Crippen LogP contribution in [0.25, 0.3) is 0 Å². The van der Waals surface area contributed by atoms with E-state index in [-0.39, 0.29) is 5.75 Å². The molecule has 0 saturated carbocycles. The van der Waals surface area contributed by atoms with E-state index in [1.165, 1.54) is 18.7 Å². The van der Waals surface area contributed by atoms with Gasteiger partial charge in [-0.25, -0.2) is 4.39 Å². The van der Waals surface area contributed by atoms with E-state index >= 15 is 0 Å². The van der Waals surface area contributed by atoms with Gasteiger partial charge in [-0.15, -0.1) is 0 Å². The number of benzene rings is 2. The molecular formula is C17H19FN2OS. The third-order valence-corrected chi connectivity index (χ3v) is 3.42. The Morgan fingerprint density at radius 3 is 2.36 bits per heavy atom. The Kier molecular flexibility index (Phi) is 5.33. The maximum atomic E-state index is 13.6. The molecule has 0 amide bonds. The van der Waals surface area contributed by atoms with Crippen molar-refractivity contribution in [1.29, 1.82) is 0 Å². The van der Waals surface area contributed by atoms with Crippen molar-refractivity contribution in [3.05, 3.63) is 53.8 Å². The molecule has 2 N–H and O–H groups in total. The number of hydrogen-bond acceptors (Lipinski definition) is 2. The van der Waals surface area contributed by atoms with Crippen LogP contribution in [0.3, 0.4) is 0 Å². The molecule has 116 valence electrons. The quantitative estimate of drug-likeness (QED) is 0.796. The smallest absolute Gasteiger partial charge is 0.175 e. The SMILES string of the molecule is COc1ccc(NC(=S)Nc2cccc(C(C)C)c2)cc1F. The van der Waals surface area contributed by atoms with Gasteiger partial charge in [-0.2, -0.15) is 0 Å². The van der Waals surface area contributed by atoms with Crippen molar-refractivity contribution in [3.8, 4) is 5.75 Å². The van der Waals surface area contributed by atoms with E-state index in [9.17, 15) is 4.39 Å². The van der Waals surface area contributed by atoms with Gasteiger partial charge in [0.15, 0.2) is 16.7 Å². The van der Waals surface area contributed by atoms with Crippen LogP contribution in [0.15, 0.2) is 42.5 Å². The van der Waals surface area contributed by atoms with Crippen molar-refractivity contribution in [3.63, 3.8) is 0 Å². The summed E-state index contributed by atoms with van der Waals surface area (Å²) in [6.45, 7) is 4.27. The number of anilines is 2. The standard InChI is InChI=1S/C17H19FN2OS/c1-11(2)12-5-4-6-13(9-12)19-17(22)20-14-7-8-16(21-3)15(18)10-14/h4-11H,1-3H3,(H2,19,20,22). The Morgan fingerprint density at radius 1 is 1.09 bits per heavy atom. The van der Waals surface area contributed by atoms with Crippen LogP contribution in [0.4, 0.5) is 15.8 Å². The molecule has 0 bridgehead atoms. The molecule has 0 aromatic heterocycles. The summed E-state index contributed by atoms with van der Waals surface area (Å²) in [5.74, 6) is 0.213. The lowest BCUT2D eigenvalue weighted by molar-refractivity contribution is 0.387. The van der Waals surface area contributed by atoms with Crippen molar-refractivity contribution in [2.45, 2.75) is 19.8 Å². The van der Waals surface area contributed by atoms with Crippen molar-refractivity contribution in [2.24, 2.45) is 0 Å². The normalized spacial score (nSPS) is 10.4. The van der Waals surface area contributed by atoms with Gasteiger partial charge < -0.3 is 15.4 Å². The number of ether oxygens (including phenoxy) is 1. The highest BCUT2D eigenvalue weighted by atomic mass is 32.1. The molecule has 0 aliphatic carbocycles. The molecule has 0 aliphatic rings. The first kappa shape index (κ1) is 16.2. The zero-order valence-electron chi connectivity index (χ0n) is 12.8. The monoisotopic (exact) mass is 318 g/mol.